The van der Waals surface area contributed by atoms with Crippen molar-refractivity contribution in [3.8, 4) is 11.5 Å². The predicted molar refractivity (Wildman–Crippen MR) is 61.5 cm³/mol. The number of allylic oxidation sites excluding steroid dienone is 1. The van der Waals surface area contributed by atoms with E-state index in [4.69, 9.17) is 9.47 Å². The summed E-state index contributed by atoms with van der Waals surface area (Å²) in [6, 6.07) is 5.06. The molecule has 0 saturated carbocycles. The van der Waals surface area contributed by atoms with Crippen molar-refractivity contribution in [1.82, 2.24) is 0 Å². The first-order valence-corrected chi connectivity index (χ1v) is 5.60. The summed E-state index contributed by atoms with van der Waals surface area (Å²) in [5, 5.41) is 19.5. The zero-order valence-corrected chi connectivity index (χ0v) is 9.50. The van der Waals surface area contributed by atoms with E-state index >= 15 is 0 Å². The normalized spacial score (nSPS) is 29.0. The van der Waals surface area contributed by atoms with Crippen molar-refractivity contribution in [2.75, 3.05) is 13.4 Å². The summed E-state index contributed by atoms with van der Waals surface area (Å²) < 4.78 is 10.4. The molecular weight excluding hydrogens is 236 g/mol. The van der Waals surface area contributed by atoms with Gasteiger partial charge in [0.2, 0.25) is 6.79 Å². The summed E-state index contributed by atoms with van der Waals surface area (Å²) in [6.45, 7) is -0.353. The Labute approximate surface area is 103 Å². The summed E-state index contributed by atoms with van der Waals surface area (Å²) in [6.07, 6.45) is 2.63. The molecule has 0 aromatic heterocycles. The lowest BCUT2D eigenvalue weighted by atomic mass is 9.84. The van der Waals surface area contributed by atoms with E-state index in [1.165, 1.54) is 12.2 Å². The maximum atomic E-state index is 11.8. The number of fused-ring (bicyclic) bond motifs is 1. The average molecular weight is 248 g/mol. The Morgan fingerprint density at radius 3 is 2.89 bits per heavy atom. The van der Waals surface area contributed by atoms with Crippen LogP contribution in [0.4, 0.5) is 0 Å². The first-order valence-electron chi connectivity index (χ1n) is 5.60. The molecule has 94 valence electrons. The van der Waals surface area contributed by atoms with Gasteiger partial charge in [-0.25, -0.2) is 0 Å². The molecule has 0 spiro atoms. The van der Waals surface area contributed by atoms with E-state index in [2.05, 4.69) is 0 Å². The van der Waals surface area contributed by atoms with E-state index in [0.717, 1.165) is 0 Å². The molecule has 2 unspecified atom stereocenters. The second-order valence-electron chi connectivity index (χ2n) is 4.43. The van der Waals surface area contributed by atoms with Crippen LogP contribution in [-0.4, -0.2) is 35.0 Å². The Balaban J connectivity index is 2.02. The van der Waals surface area contributed by atoms with Crippen LogP contribution in [0.3, 0.4) is 0 Å². The first kappa shape index (κ1) is 11.3. The topological polar surface area (TPSA) is 76.0 Å². The smallest absolute Gasteiger partial charge is 0.231 e. The lowest BCUT2D eigenvalue weighted by molar-refractivity contribution is -0.119. The molecule has 2 N–H and O–H groups in total. The van der Waals surface area contributed by atoms with Crippen LogP contribution in [0.25, 0.3) is 0 Å². The highest BCUT2D eigenvalue weighted by Crippen LogP contribution is 2.40. The summed E-state index contributed by atoms with van der Waals surface area (Å²) in [5.74, 6) is 0.139. The van der Waals surface area contributed by atoms with E-state index < -0.39 is 18.1 Å². The van der Waals surface area contributed by atoms with Crippen molar-refractivity contribution in [2.24, 2.45) is 0 Å². The molecule has 0 amide bonds. The van der Waals surface area contributed by atoms with Gasteiger partial charge in [0.15, 0.2) is 17.3 Å². The molecule has 1 aromatic carbocycles. The number of rotatable bonds is 2. The molecule has 2 atom stereocenters. The highest BCUT2D eigenvalue weighted by atomic mass is 16.7. The van der Waals surface area contributed by atoms with Crippen LogP contribution in [0.5, 0.6) is 11.5 Å². The van der Waals surface area contributed by atoms with Crippen LogP contribution in [-0.2, 0) is 4.79 Å². The largest absolute Gasteiger partial charge is 0.454 e. The minimum absolute atomic E-state index is 0.153. The molecule has 0 fully saturated rings. The Kier molecular flexibility index (Phi) is 2.39. The Morgan fingerprint density at radius 1 is 1.33 bits per heavy atom. The van der Waals surface area contributed by atoms with Crippen molar-refractivity contribution in [3.05, 3.63) is 35.9 Å². The molecule has 1 heterocycles. The summed E-state index contributed by atoms with van der Waals surface area (Å²) in [5.41, 5.74) is -0.934. The predicted octanol–water partition coefficient (Wildman–Crippen LogP) is 0.361. The van der Waals surface area contributed by atoms with Crippen LogP contribution in [0.15, 0.2) is 30.4 Å². The molecule has 0 saturated heterocycles. The van der Waals surface area contributed by atoms with Crippen molar-refractivity contribution in [3.63, 3.8) is 0 Å². The van der Waals surface area contributed by atoms with Gasteiger partial charge in [-0.1, -0.05) is 6.07 Å². The number of benzene rings is 1. The number of carbonyl (C=O) groups is 1. The molecular formula is C13H12O5. The first-order chi connectivity index (χ1) is 8.64. The van der Waals surface area contributed by atoms with Crippen molar-refractivity contribution in [2.45, 2.75) is 11.5 Å². The van der Waals surface area contributed by atoms with Gasteiger partial charge >= 0.3 is 0 Å². The Morgan fingerprint density at radius 2 is 2.11 bits per heavy atom. The fourth-order valence-corrected chi connectivity index (χ4v) is 2.35. The maximum absolute atomic E-state index is 11.8. The van der Waals surface area contributed by atoms with E-state index in [-0.39, 0.29) is 12.6 Å². The number of aliphatic hydroxyl groups is 2. The third-order valence-electron chi connectivity index (χ3n) is 3.30. The van der Waals surface area contributed by atoms with Gasteiger partial charge in [0, 0.05) is 0 Å². The van der Waals surface area contributed by atoms with E-state index in [1.54, 1.807) is 18.2 Å². The van der Waals surface area contributed by atoms with Gasteiger partial charge < -0.3 is 19.7 Å². The third kappa shape index (κ3) is 1.52. The summed E-state index contributed by atoms with van der Waals surface area (Å²) in [7, 11) is 0. The molecule has 1 aliphatic heterocycles. The molecule has 18 heavy (non-hydrogen) atoms. The highest BCUT2D eigenvalue weighted by Gasteiger charge is 2.43. The Hall–Kier alpha value is -1.85. The Bertz CT molecular complexity index is 536. The number of carbonyl (C=O) groups excluding carboxylic acids is 1. The van der Waals surface area contributed by atoms with E-state index in [1.807, 2.05) is 0 Å². The minimum Gasteiger partial charge on any atom is -0.454 e. The van der Waals surface area contributed by atoms with Crippen LogP contribution in [0.2, 0.25) is 0 Å². The van der Waals surface area contributed by atoms with E-state index in [0.29, 0.717) is 17.1 Å². The van der Waals surface area contributed by atoms with Crippen molar-refractivity contribution >= 4 is 5.78 Å². The molecule has 5 nitrogen and oxygen atoms in total. The summed E-state index contributed by atoms with van der Waals surface area (Å²) in [4.78, 5) is 11.8. The van der Waals surface area contributed by atoms with Gasteiger partial charge in [-0.2, -0.15) is 0 Å². The van der Waals surface area contributed by atoms with Gasteiger partial charge in [-0.3, -0.25) is 4.79 Å². The molecule has 0 bridgehead atoms. The monoisotopic (exact) mass is 248 g/mol. The molecule has 0 radical (unpaired) electrons. The number of aliphatic hydroxyl groups excluding tert-OH is 1. The van der Waals surface area contributed by atoms with Gasteiger partial charge in [0.1, 0.15) is 5.60 Å². The standard InChI is InChI=1S/C13H12O5/c14-6-13(16)4-3-9(15)12(13)8-1-2-10-11(5-8)18-7-17-10/h1-5,12,14,16H,6-7H2. The lowest BCUT2D eigenvalue weighted by Crippen LogP contribution is -2.37. The number of ketones is 1. The molecule has 3 rings (SSSR count). The molecule has 1 aliphatic carbocycles. The molecule has 1 aromatic rings. The number of hydrogen-bond acceptors (Lipinski definition) is 5. The number of ether oxygens (including phenoxy) is 2. The average Bonchev–Trinajstić information content (AvgIpc) is 2.94. The quantitative estimate of drug-likeness (QED) is 0.790. The van der Waals surface area contributed by atoms with Crippen LogP contribution in [0.1, 0.15) is 11.5 Å². The second kappa shape index (κ2) is 3.83. The van der Waals surface area contributed by atoms with Gasteiger partial charge in [-0.05, 0) is 29.8 Å². The fraction of sp³-hybridized carbons (Fsp3) is 0.308. The van der Waals surface area contributed by atoms with Gasteiger partial charge in [0.05, 0.1) is 12.5 Å². The maximum Gasteiger partial charge on any atom is 0.231 e. The third-order valence-corrected chi connectivity index (χ3v) is 3.30. The lowest BCUT2D eigenvalue weighted by Gasteiger charge is -2.26. The zero-order chi connectivity index (χ0) is 12.8. The van der Waals surface area contributed by atoms with Crippen LogP contribution in [0, 0.1) is 0 Å². The van der Waals surface area contributed by atoms with Crippen LogP contribution < -0.4 is 9.47 Å². The fourth-order valence-electron chi connectivity index (χ4n) is 2.35. The van der Waals surface area contributed by atoms with Gasteiger partial charge in [0.25, 0.3) is 0 Å². The zero-order valence-electron chi connectivity index (χ0n) is 9.50. The van der Waals surface area contributed by atoms with Crippen LogP contribution >= 0.6 is 0 Å². The SMILES string of the molecule is O=C1C=CC(O)(CO)C1c1ccc2c(c1)OCO2. The van der Waals surface area contributed by atoms with Crippen molar-refractivity contribution < 1.29 is 24.5 Å². The summed E-state index contributed by atoms with van der Waals surface area (Å²) >= 11 is 0. The molecule has 5 heteroatoms. The van der Waals surface area contributed by atoms with Crippen molar-refractivity contribution in [1.29, 1.82) is 0 Å². The van der Waals surface area contributed by atoms with E-state index in [9.17, 15) is 15.0 Å². The molecule has 2 aliphatic rings. The minimum atomic E-state index is -1.54. The van der Waals surface area contributed by atoms with Gasteiger partial charge in [-0.15, -0.1) is 0 Å². The number of hydrogen-bond donors (Lipinski definition) is 2. The highest BCUT2D eigenvalue weighted by molar-refractivity contribution is 6.00. The second-order valence-corrected chi connectivity index (χ2v) is 4.43.